The van der Waals surface area contributed by atoms with Gasteiger partial charge < -0.3 is 15.4 Å². The summed E-state index contributed by atoms with van der Waals surface area (Å²) in [6.07, 6.45) is 3.31. The van der Waals surface area contributed by atoms with Crippen molar-refractivity contribution in [1.82, 2.24) is 10.3 Å². The fourth-order valence-corrected chi connectivity index (χ4v) is 2.26. The lowest BCUT2D eigenvalue weighted by Crippen LogP contribution is -2.26. The van der Waals surface area contributed by atoms with Crippen molar-refractivity contribution >= 4 is 17.3 Å². The number of pyridine rings is 1. The van der Waals surface area contributed by atoms with E-state index in [0.717, 1.165) is 5.56 Å². The van der Waals surface area contributed by atoms with E-state index in [4.69, 9.17) is 4.74 Å². The first-order valence-corrected chi connectivity index (χ1v) is 7.75. The van der Waals surface area contributed by atoms with Gasteiger partial charge in [-0.2, -0.15) is 0 Å². The number of anilines is 1. The number of aromatic nitrogens is 1. The number of hydrogen-bond acceptors (Lipinski definition) is 6. The maximum atomic E-state index is 12.4. The molecule has 0 saturated heterocycles. The standard InChI is InChI=1S/C17H20N4O4/c1-12(14-4-3-7-18-11-14)20-17(22)13-5-6-15(19-8-9-25-2)16(10-13)21(23)24/h3-7,10-12,19H,8-9H2,1-2H3,(H,20,22). The number of nitrogens with one attached hydrogen (secondary N) is 2. The number of carbonyl (C=O) groups excluding carboxylic acids is 1. The molecular weight excluding hydrogens is 324 g/mol. The smallest absolute Gasteiger partial charge is 0.293 e. The number of methoxy groups -OCH3 is 1. The average Bonchev–Trinajstić information content (AvgIpc) is 2.62. The SMILES string of the molecule is COCCNc1ccc(C(=O)NC(C)c2cccnc2)cc1[N+](=O)[O-]. The number of nitro benzene ring substituents is 1. The average molecular weight is 344 g/mol. The molecule has 0 aliphatic rings. The number of amides is 1. The second kappa shape index (κ2) is 8.74. The van der Waals surface area contributed by atoms with E-state index in [9.17, 15) is 14.9 Å². The van der Waals surface area contributed by atoms with Gasteiger partial charge in [0.1, 0.15) is 5.69 Å². The number of hydrogen-bond donors (Lipinski definition) is 2. The van der Waals surface area contributed by atoms with Crippen molar-refractivity contribution in [2.45, 2.75) is 13.0 Å². The summed E-state index contributed by atoms with van der Waals surface area (Å²) in [6, 6.07) is 7.71. The molecule has 0 radical (unpaired) electrons. The first-order valence-electron chi connectivity index (χ1n) is 7.75. The largest absolute Gasteiger partial charge is 0.383 e. The maximum Gasteiger partial charge on any atom is 0.293 e. The second-order valence-electron chi connectivity index (χ2n) is 5.39. The van der Waals surface area contributed by atoms with E-state index in [1.54, 1.807) is 31.6 Å². The van der Waals surface area contributed by atoms with Gasteiger partial charge in [-0.05, 0) is 30.7 Å². The van der Waals surface area contributed by atoms with Crippen molar-refractivity contribution in [3.05, 3.63) is 64.0 Å². The summed E-state index contributed by atoms with van der Waals surface area (Å²) in [7, 11) is 1.55. The van der Waals surface area contributed by atoms with Crippen LogP contribution in [0.1, 0.15) is 28.9 Å². The molecule has 2 N–H and O–H groups in total. The number of benzene rings is 1. The topological polar surface area (TPSA) is 106 Å². The molecule has 0 aliphatic carbocycles. The third-order valence-corrected chi connectivity index (χ3v) is 3.61. The van der Waals surface area contributed by atoms with Crippen LogP contribution in [0.3, 0.4) is 0 Å². The van der Waals surface area contributed by atoms with Gasteiger partial charge in [-0.1, -0.05) is 6.07 Å². The molecule has 2 aromatic rings. The Morgan fingerprint density at radius 1 is 1.40 bits per heavy atom. The molecule has 1 aromatic heterocycles. The molecule has 1 amide bonds. The van der Waals surface area contributed by atoms with Crippen molar-refractivity contribution in [3.63, 3.8) is 0 Å². The van der Waals surface area contributed by atoms with Crippen LogP contribution < -0.4 is 10.6 Å². The van der Waals surface area contributed by atoms with Gasteiger partial charge in [0, 0.05) is 37.7 Å². The minimum Gasteiger partial charge on any atom is -0.383 e. The van der Waals surface area contributed by atoms with Crippen molar-refractivity contribution in [1.29, 1.82) is 0 Å². The Morgan fingerprint density at radius 3 is 2.84 bits per heavy atom. The predicted molar refractivity (Wildman–Crippen MR) is 93.6 cm³/mol. The summed E-state index contributed by atoms with van der Waals surface area (Å²) in [4.78, 5) is 27.1. The molecule has 25 heavy (non-hydrogen) atoms. The van der Waals surface area contributed by atoms with Crippen molar-refractivity contribution in [2.75, 3.05) is 25.6 Å². The molecule has 1 atom stereocenters. The Kier molecular flexibility index (Phi) is 6.41. The number of nitrogens with zero attached hydrogens (tertiary/aromatic N) is 2. The molecule has 0 saturated carbocycles. The van der Waals surface area contributed by atoms with E-state index in [2.05, 4.69) is 15.6 Å². The second-order valence-corrected chi connectivity index (χ2v) is 5.39. The summed E-state index contributed by atoms with van der Waals surface area (Å²) in [5, 5.41) is 17.0. The number of nitro groups is 1. The van der Waals surface area contributed by atoms with Crippen LogP contribution in [0.25, 0.3) is 0 Å². The molecule has 8 nitrogen and oxygen atoms in total. The van der Waals surface area contributed by atoms with Crippen LogP contribution in [-0.4, -0.2) is 36.1 Å². The monoisotopic (exact) mass is 344 g/mol. The summed E-state index contributed by atoms with van der Waals surface area (Å²) in [6.45, 7) is 2.67. The van der Waals surface area contributed by atoms with Gasteiger partial charge in [-0.15, -0.1) is 0 Å². The zero-order valence-corrected chi connectivity index (χ0v) is 14.1. The lowest BCUT2D eigenvalue weighted by molar-refractivity contribution is -0.384. The molecular formula is C17H20N4O4. The molecule has 1 unspecified atom stereocenters. The lowest BCUT2D eigenvalue weighted by atomic mass is 10.1. The maximum absolute atomic E-state index is 12.4. The van der Waals surface area contributed by atoms with Gasteiger partial charge in [-0.3, -0.25) is 19.9 Å². The van der Waals surface area contributed by atoms with E-state index >= 15 is 0 Å². The Balaban J connectivity index is 2.14. The van der Waals surface area contributed by atoms with E-state index < -0.39 is 4.92 Å². The number of ether oxygens (including phenoxy) is 1. The highest BCUT2D eigenvalue weighted by Gasteiger charge is 2.18. The summed E-state index contributed by atoms with van der Waals surface area (Å²) >= 11 is 0. The van der Waals surface area contributed by atoms with Crippen LogP contribution in [0.5, 0.6) is 0 Å². The number of rotatable bonds is 8. The quantitative estimate of drug-likeness (QED) is 0.433. The highest BCUT2D eigenvalue weighted by Crippen LogP contribution is 2.25. The van der Waals surface area contributed by atoms with Gasteiger partial charge in [-0.25, -0.2) is 0 Å². The lowest BCUT2D eigenvalue weighted by Gasteiger charge is -2.14. The van der Waals surface area contributed by atoms with Crippen LogP contribution in [0.2, 0.25) is 0 Å². The van der Waals surface area contributed by atoms with Crippen LogP contribution in [0.15, 0.2) is 42.7 Å². The first kappa shape index (κ1) is 18.3. The van der Waals surface area contributed by atoms with Crippen LogP contribution in [0, 0.1) is 10.1 Å². The molecule has 1 aromatic carbocycles. The highest BCUT2D eigenvalue weighted by atomic mass is 16.6. The van der Waals surface area contributed by atoms with Crippen molar-refractivity contribution < 1.29 is 14.5 Å². The fraction of sp³-hybridized carbons (Fsp3) is 0.294. The zero-order valence-electron chi connectivity index (χ0n) is 14.1. The molecule has 1 heterocycles. The van der Waals surface area contributed by atoms with Crippen molar-refractivity contribution in [2.24, 2.45) is 0 Å². The summed E-state index contributed by atoms with van der Waals surface area (Å²) < 4.78 is 4.91. The highest BCUT2D eigenvalue weighted by molar-refractivity contribution is 5.96. The van der Waals surface area contributed by atoms with Gasteiger partial charge in [0.2, 0.25) is 0 Å². The molecule has 132 valence electrons. The molecule has 0 spiro atoms. The van der Waals surface area contributed by atoms with Gasteiger partial charge in [0.25, 0.3) is 11.6 Å². The van der Waals surface area contributed by atoms with E-state index in [-0.39, 0.29) is 23.2 Å². The fourth-order valence-electron chi connectivity index (χ4n) is 2.26. The van der Waals surface area contributed by atoms with Crippen LogP contribution in [-0.2, 0) is 4.74 Å². The zero-order chi connectivity index (χ0) is 18.2. The van der Waals surface area contributed by atoms with Crippen LogP contribution >= 0.6 is 0 Å². The predicted octanol–water partition coefficient (Wildman–Crippen LogP) is 2.54. The van der Waals surface area contributed by atoms with E-state index in [1.807, 2.05) is 13.0 Å². The van der Waals surface area contributed by atoms with E-state index in [0.29, 0.717) is 18.8 Å². The Hall–Kier alpha value is -3.00. The Bertz CT molecular complexity index is 737. The van der Waals surface area contributed by atoms with Crippen molar-refractivity contribution in [3.8, 4) is 0 Å². The number of carbonyl (C=O) groups is 1. The molecule has 0 bridgehead atoms. The van der Waals surface area contributed by atoms with Crippen LogP contribution in [0.4, 0.5) is 11.4 Å². The van der Waals surface area contributed by atoms with E-state index in [1.165, 1.54) is 12.1 Å². The summed E-state index contributed by atoms with van der Waals surface area (Å²) in [5.74, 6) is -0.386. The minimum absolute atomic E-state index is 0.155. The first-order chi connectivity index (χ1) is 12.0. The summed E-state index contributed by atoms with van der Waals surface area (Å²) in [5.41, 5.74) is 1.26. The Labute approximate surface area is 145 Å². The molecule has 0 aliphatic heterocycles. The Morgan fingerprint density at radius 2 is 2.20 bits per heavy atom. The third-order valence-electron chi connectivity index (χ3n) is 3.61. The van der Waals surface area contributed by atoms with Gasteiger partial charge in [0.05, 0.1) is 17.6 Å². The third kappa shape index (κ3) is 4.98. The molecule has 0 fully saturated rings. The molecule has 8 heteroatoms. The minimum atomic E-state index is -0.517. The normalized spacial score (nSPS) is 11.6. The molecule has 2 rings (SSSR count). The van der Waals surface area contributed by atoms with Gasteiger partial charge in [0.15, 0.2) is 0 Å². The van der Waals surface area contributed by atoms with Gasteiger partial charge >= 0.3 is 0 Å².